The molecular formula is C17H18N2O2. The molecule has 4 nitrogen and oxygen atoms in total. The summed E-state index contributed by atoms with van der Waals surface area (Å²) in [4.78, 5) is 14.5. The number of hydrogen-bond donors (Lipinski definition) is 2. The van der Waals surface area contributed by atoms with Gasteiger partial charge in [0.15, 0.2) is 0 Å². The van der Waals surface area contributed by atoms with Crippen LogP contribution in [-0.4, -0.2) is 22.5 Å². The normalized spacial score (nSPS) is 14.4. The Balaban J connectivity index is 1.90. The van der Waals surface area contributed by atoms with E-state index in [9.17, 15) is 9.90 Å². The molecule has 0 saturated heterocycles. The second-order valence-electron chi connectivity index (χ2n) is 5.37. The molecule has 0 saturated carbocycles. The summed E-state index contributed by atoms with van der Waals surface area (Å²) in [7, 11) is 0. The molecule has 4 heteroatoms. The number of benzene rings is 2. The summed E-state index contributed by atoms with van der Waals surface area (Å²) in [5, 5.41) is 9.57. The van der Waals surface area contributed by atoms with E-state index >= 15 is 0 Å². The number of nitrogen functional groups attached to an aromatic ring is 1. The molecule has 0 unspecified atom stereocenters. The lowest BCUT2D eigenvalue weighted by molar-refractivity contribution is 0.0746. The van der Waals surface area contributed by atoms with Gasteiger partial charge < -0.3 is 15.7 Å². The summed E-state index contributed by atoms with van der Waals surface area (Å²) in [6.45, 7) is 1.28. The van der Waals surface area contributed by atoms with E-state index in [0.29, 0.717) is 24.3 Å². The Morgan fingerprint density at radius 3 is 2.71 bits per heavy atom. The lowest BCUT2D eigenvalue weighted by Crippen LogP contribution is -2.31. The maximum absolute atomic E-state index is 12.7. The number of amides is 1. The Hall–Kier alpha value is -2.49. The van der Waals surface area contributed by atoms with Crippen LogP contribution in [0, 0.1) is 0 Å². The molecule has 1 amide bonds. The molecule has 1 heterocycles. The molecule has 21 heavy (non-hydrogen) atoms. The number of fused-ring (bicyclic) bond motifs is 1. The van der Waals surface area contributed by atoms with Crippen LogP contribution in [0.3, 0.4) is 0 Å². The standard InChI is InChI=1S/C17H18N2O2/c18-16-8-7-14(20)10-15(16)17(21)19-9-3-6-12-4-1-2-5-13(12)11-19/h1-2,4-5,7-8,10,20H,3,6,9,11,18H2. The molecule has 3 rings (SSSR count). The van der Waals surface area contributed by atoms with Crippen molar-refractivity contribution in [3.05, 3.63) is 59.2 Å². The van der Waals surface area contributed by atoms with E-state index in [0.717, 1.165) is 12.8 Å². The molecule has 0 spiro atoms. The maximum atomic E-state index is 12.7. The number of aryl methyl sites for hydroxylation is 1. The number of hydrogen-bond acceptors (Lipinski definition) is 3. The molecule has 1 aliphatic rings. The topological polar surface area (TPSA) is 66.6 Å². The predicted octanol–water partition coefficient (Wildman–Crippen LogP) is 2.56. The molecule has 0 aliphatic carbocycles. The van der Waals surface area contributed by atoms with Crippen molar-refractivity contribution in [2.75, 3.05) is 12.3 Å². The second kappa shape index (κ2) is 5.48. The van der Waals surface area contributed by atoms with E-state index in [4.69, 9.17) is 5.73 Å². The van der Waals surface area contributed by atoms with Crippen molar-refractivity contribution in [2.24, 2.45) is 0 Å². The lowest BCUT2D eigenvalue weighted by atomic mass is 10.0. The summed E-state index contributed by atoms with van der Waals surface area (Å²) in [6, 6.07) is 12.7. The number of aromatic hydroxyl groups is 1. The van der Waals surface area contributed by atoms with Gasteiger partial charge in [-0.05, 0) is 42.2 Å². The Kier molecular flexibility index (Phi) is 3.52. The third-order valence-electron chi connectivity index (χ3n) is 3.91. The van der Waals surface area contributed by atoms with Crippen molar-refractivity contribution in [3.63, 3.8) is 0 Å². The van der Waals surface area contributed by atoms with Gasteiger partial charge in [-0.2, -0.15) is 0 Å². The predicted molar refractivity (Wildman–Crippen MR) is 82.0 cm³/mol. The van der Waals surface area contributed by atoms with Gasteiger partial charge >= 0.3 is 0 Å². The van der Waals surface area contributed by atoms with Gasteiger partial charge in [0.2, 0.25) is 0 Å². The first-order chi connectivity index (χ1) is 10.1. The average molecular weight is 282 g/mol. The second-order valence-corrected chi connectivity index (χ2v) is 5.37. The molecule has 108 valence electrons. The number of nitrogens with zero attached hydrogens (tertiary/aromatic N) is 1. The van der Waals surface area contributed by atoms with Crippen LogP contribution in [0.2, 0.25) is 0 Å². The SMILES string of the molecule is Nc1ccc(O)cc1C(=O)N1CCCc2ccccc2C1. The number of carbonyl (C=O) groups excluding carboxylic acids is 1. The Labute approximate surface area is 123 Å². The minimum absolute atomic E-state index is 0.0581. The van der Waals surface area contributed by atoms with Gasteiger partial charge in [-0.15, -0.1) is 0 Å². The number of nitrogens with two attached hydrogens (primary N) is 1. The molecular weight excluding hydrogens is 264 g/mol. The fraction of sp³-hybridized carbons (Fsp3) is 0.235. The van der Waals surface area contributed by atoms with Gasteiger partial charge in [0.05, 0.1) is 5.56 Å². The Morgan fingerprint density at radius 2 is 1.90 bits per heavy atom. The first-order valence-electron chi connectivity index (χ1n) is 7.09. The molecule has 2 aromatic carbocycles. The maximum Gasteiger partial charge on any atom is 0.256 e. The van der Waals surface area contributed by atoms with Gasteiger partial charge in [0, 0.05) is 18.8 Å². The van der Waals surface area contributed by atoms with Crippen LogP contribution in [0.5, 0.6) is 5.75 Å². The van der Waals surface area contributed by atoms with Gasteiger partial charge in [0.25, 0.3) is 5.91 Å². The number of carbonyl (C=O) groups is 1. The van der Waals surface area contributed by atoms with Gasteiger partial charge in [-0.25, -0.2) is 0 Å². The van der Waals surface area contributed by atoms with Crippen LogP contribution in [0.1, 0.15) is 27.9 Å². The first-order valence-corrected chi connectivity index (χ1v) is 7.09. The van der Waals surface area contributed by atoms with Gasteiger partial charge in [0.1, 0.15) is 5.75 Å². The van der Waals surface area contributed by atoms with Crippen molar-refractivity contribution in [3.8, 4) is 5.75 Å². The summed E-state index contributed by atoms with van der Waals surface area (Å²) in [5.41, 5.74) is 9.13. The van der Waals surface area contributed by atoms with Crippen molar-refractivity contribution in [1.82, 2.24) is 4.90 Å². The minimum atomic E-state index is -0.125. The van der Waals surface area contributed by atoms with E-state index in [1.54, 1.807) is 11.0 Å². The summed E-state index contributed by atoms with van der Waals surface area (Å²) < 4.78 is 0. The number of rotatable bonds is 1. The van der Waals surface area contributed by atoms with Crippen LogP contribution in [0.15, 0.2) is 42.5 Å². The van der Waals surface area contributed by atoms with Crippen molar-refractivity contribution in [1.29, 1.82) is 0 Å². The zero-order valence-corrected chi connectivity index (χ0v) is 11.7. The van der Waals surface area contributed by atoms with E-state index in [-0.39, 0.29) is 11.7 Å². The highest BCUT2D eigenvalue weighted by Crippen LogP contribution is 2.24. The van der Waals surface area contributed by atoms with Crippen LogP contribution >= 0.6 is 0 Å². The molecule has 0 radical (unpaired) electrons. The largest absolute Gasteiger partial charge is 0.508 e. The lowest BCUT2D eigenvalue weighted by Gasteiger charge is -2.22. The molecule has 1 aliphatic heterocycles. The van der Waals surface area contributed by atoms with E-state index in [1.807, 2.05) is 12.1 Å². The quantitative estimate of drug-likeness (QED) is 0.624. The van der Waals surface area contributed by atoms with Gasteiger partial charge in [-0.1, -0.05) is 24.3 Å². The van der Waals surface area contributed by atoms with Crippen LogP contribution in [0.4, 0.5) is 5.69 Å². The molecule has 3 N–H and O–H groups in total. The van der Waals surface area contributed by atoms with E-state index in [1.165, 1.54) is 23.3 Å². The number of phenolic OH excluding ortho intramolecular Hbond substituents is 1. The van der Waals surface area contributed by atoms with Crippen LogP contribution < -0.4 is 5.73 Å². The minimum Gasteiger partial charge on any atom is -0.508 e. The highest BCUT2D eigenvalue weighted by atomic mass is 16.3. The summed E-state index contributed by atoms with van der Waals surface area (Å²) in [6.07, 6.45) is 1.91. The molecule has 0 atom stereocenters. The molecule has 0 bridgehead atoms. The fourth-order valence-corrected chi connectivity index (χ4v) is 2.77. The fourth-order valence-electron chi connectivity index (χ4n) is 2.77. The monoisotopic (exact) mass is 282 g/mol. The Bertz CT molecular complexity index is 682. The summed E-state index contributed by atoms with van der Waals surface area (Å²) in [5.74, 6) is -0.0668. The third-order valence-corrected chi connectivity index (χ3v) is 3.91. The van der Waals surface area contributed by atoms with Crippen molar-refractivity contribution < 1.29 is 9.90 Å². The molecule has 2 aromatic rings. The highest BCUT2D eigenvalue weighted by Gasteiger charge is 2.21. The van der Waals surface area contributed by atoms with Crippen LogP contribution in [-0.2, 0) is 13.0 Å². The van der Waals surface area contributed by atoms with Crippen molar-refractivity contribution in [2.45, 2.75) is 19.4 Å². The Morgan fingerprint density at radius 1 is 1.14 bits per heavy atom. The zero-order chi connectivity index (χ0) is 14.8. The molecule has 0 aromatic heterocycles. The highest BCUT2D eigenvalue weighted by molar-refractivity contribution is 5.99. The zero-order valence-electron chi connectivity index (χ0n) is 11.7. The van der Waals surface area contributed by atoms with Crippen LogP contribution in [0.25, 0.3) is 0 Å². The summed E-state index contributed by atoms with van der Waals surface area (Å²) >= 11 is 0. The number of anilines is 1. The average Bonchev–Trinajstić information content (AvgIpc) is 2.71. The van der Waals surface area contributed by atoms with E-state index < -0.39 is 0 Å². The smallest absolute Gasteiger partial charge is 0.256 e. The van der Waals surface area contributed by atoms with E-state index in [2.05, 4.69) is 12.1 Å². The number of phenols is 1. The molecule has 0 fully saturated rings. The first kappa shape index (κ1) is 13.5. The van der Waals surface area contributed by atoms with Gasteiger partial charge in [-0.3, -0.25) is 4.79 Å². The third kappa shape index (κ3) is 2.70. The van der Waals surface area contributed by atoms with Crippen molar-refractivity contribution >= 4 is 11.6 Å².